The number of fused-ring (bicyclic) bond motifs is 1. The summed E-state index contributed by atoms with van der Waals surface area (Å²) >= 11 is 0. The van der Waals surface area contributed by atoms with Crippen LogP contribution >= 0.6 is 0 Å². The Labute approximate surface area is 98.2 Å². The molecule has 0 bridgehead atoms. The molecular formula is C12H12N2O3. The Bertz CT molecular complexity index is 520. The summed E-state index contributed by atoms with van der Waals surface area (Å²) < 4.78 is 0. The Morgan fingerprint density at radius 2 is 2.35 bits per heavy atom. The molecule has 1 aromatic rings. The van der Waals surface area contributed by atoms with Crippen LogP contribution < -0.4 is 5.32 Å². The van der Waals surface area contributed by atoms with Crippen molar-refractivity contribution in [2.75, 3.05) is 11.9 Å². The van der Waals surface area contributed by atoms with Crippen LogP contribution in [-0.4, -0.2) is 28.4 Å². The summed E-state index contributed by atoms with van der Waals surface area (Å²) in [5.74, 6) is -0.876. The predicted molar refractivity (Wildman–Crippen MR) is 62.7 cm³/mol. The molecule has 0 amide bonds. The number of aliphatic carboxylic acids is 1. The van der Waals surface area contributed by atoms with Gasteiger partial charge in [-0.2, -0.15) is 0 Å². The summed E-state index contributed by atoms with van der Waals surface area (Å²) in [5.41, 5.74) is 2.90. The molecule has 0 saturated carbocycles. The van der Waals surface area contributed by atoms with Gasteiger partial charge < -0.3 is 10.4 Å². The maximum atomic E-state index is 11.2. The van der Waals surface area contributed by atoms with Gasteiger partial charge in [0.25, 0.3) is 0 Å². The average Bonchev–Trinajstić information content (AvgIpc) is 2.27. The minimum Gasteiger partial charge on any atom is -0.478 e. The molecule has 88 valence electrons. The number of anilines is 1. The van der Waals surface area contributed by atoms with Gasteiger partial charge in [0, 0.05) is 12.3 Å². The molecule has 5 nitrogen and oxygen atoms in total. The number of hydrogen-bond donors (Lipinski definition) is 2. The van der Waals surface area contributed by atoms with Crippen molar-refractivity contribution in [3.05, 3.63) is 29.6 Å². The lowest BCUT2D eigenvalue weighted by Crippen LogP contribution is -2.23. The summed E-state index contributed by atoms with van der Waals surface area (Å²) in [6, 6.07) is 1.82. The van der Waals surface area contributed by atoms with Crippen LogP contribution in [-0.2, 0) is 16.0 Å². The molecule has 0 unspecified atom stereocenters. The fourth-order valence-corrected chi connectivity index (χ4v) is 1.71. The van der Waals surface area contributed by atoms with Crippen LogP contribution in [0.3, 0.4) is 0 Å². The monoisotopic (exact) mass is 232 g/mol. The lowest BCUT2D eigenvalue weighted by atomic mass is 10.0. The molecule has 0 saturated heterocycles. The van der Waals surface area contributed by atoms with Gasteiger partial charge in [-0.25, -0.2) is 4.79 Å². The van der Waals surface area contributed by atoms with Crippen molar-refractivity contribution in [3.8, 4) is 0 Å². The fraction of sp³-hybridized carbons (Fsp3) is 0.250. The van der Waals surface area contributed by atoms with E-state index in [9.17, 15) is 9.59 Å². The van der Waals surface area contributed by atoms with E-state index < -0.39 is 5.97 Å². The van der Waals surface area contributed by atoms with Gasteiger partial charge in [-0.3, -0.25) is 9.78 Å². The van der Waals surface area contributed by atoms with Crippen molar-refractivity contribution in [3.63, 3.8) is 0 Å². The SMILES string of the molecule is C/C(=C\C(=O)O)c1cnc2c(c1)NCC(=O)C2. The first-order valence-corrected chi connectivity index (χ1v) is 5.22. The Balaban J connectivity index is 2.34. The van der Waals surface area contributed by atoms with E-state index in [1.807, 2.05) is 6.07 Å². The summed E-state index contributed by atoms with van der Waals surface area (Å²) in [7, 11) is 0. The highest BCUT2D eigenvalue weighted by molar-refractivity contribution is 5.91. The second-order valence-corrected chi connectivity index (χ2v) is 3.95. The van der Waals surface area contributed by atoms with Crippen molar-refractivity contribution < 1.29 is 14.7 Å². The smallest absolute Gasteiger partial charge is 0.328 e. The van der Waals surface area contributed by atoms with Gasteiger partial charge >= 0.3 is 5.97 Å². The van der Waals surface area contributed by atoms with Crippen molar-refractivity contribution in [1.82, 2.24) is 4.98 Å². The number of nitrogens with zero attached hydrogens (tertiary/aromatic N) is 1. The Morgan fingerprint density at radius 3 is 3.06 bits per heavy atom. The van der Waals surface area contributed by atoms with E-state index in [-0.39, 0.29) is 5.78 Å². The molecule has 2 N–H and O–H groups in total. The van der Waals surface area contributed by atoms with Gasteiger partial charge in [-0.1, -0.05) is 0 Å². The van der Waals surface area contributed by atoms with Gasteiger partial charge in [-0.05, 0) is 24.1 Å². The number of hydrogen-bond acceptors (Lipinski definition) is 4. The van der Waals surface area contributed by atoms with Gasteiger partial charge in [0.05, 0.1) is 24.3 Å². The van der Waals surface area contributed by atoms with Crippen molar-refractivity contribution >= 4 is 23.0 Å². The lowest BCUT2D eigenvalue weighted by molar-refractivity contribution is -0.131. The molecule has 2 heterocycles. The van der Waals surface area contributed by atoms with Crippen LogP contribution in [0.2, 0.25) is 0 Å². The molecule has 17 heavy (non-hydrogen) atoms. The Morgan fingerprint density at radius 1 is 1.59 bits per heavy atom. The van der Waals surface area contributed by atoms with E-state index in [0.29, 0.717) is 24.2 Å². The highest BCUT2D eigenvalue weighted by atomic mass is 16.4. The highest BCUT2D eigenvalue weighted by Gasteiger charge is 2.16. The first-order valence-electron chi connectivity index (χ1n) is 5.22. The Hall–Kier alpha value is -2.17. The number of carbonyl (C=O) groups is 2. The number of rotatable bonds is 2. The topological polar surface area (TPSA) is 79.3 Å². The summed E-state index contributed by atoms with van der Waals surface area (Å²) in [6.45, 7) is 2.02. The molecular weight excluding hydrogens is 220 g/mol. The maximum absolute atomic E-state index is 11.2. The third kappa shape index (κ3) is 2.50. The van der Waals surface area contributed by atoms with Crippen LogP contribution in [0.1, 0.15) is 18.2 Å². The first kappa shape index (κ1) is 11.3. The van der Waals surface area contributed by atoms with Crippen molar-refractivity contribution in [1.29, 1.82) is 0 Å². The lowest BCUT2D eigenvalue weighted by Gasteiger charge is -2.17. The summed E-state index contributed by atoms with van der Waals surface area (Å²) in [6.07, 6.45) is 3.07. The largest absolute Gasteiger partial charge is 0.478 e. The minimum absolute atomic E-state index is 0.107. The highest BCUT2D eigenvalue weighted by Crippen LogP contribution is 2.23. The zero-order chi connectivity index (χ0) is 12.4. The molecule has 0 radical (unpaired) electrons. The van der Waals surface area contributed by atoms with E-state index in [4.69, 9.17) is 5.11 Å². The number of carboxylic acids is 1. The standard InChI is InChI=1S/C12H12N2O3/c1-7(2-12(16)17)8-3-10-11(13-5-8)4-9(15)6-14-10/h2-3,5,14H,4,6H2,1H3,(H,16,17)/b7-2+. The molecule has 0 spiro atoms. The number of carbonyl (C=O) groups excluding carboxylic acids is 1. The van der Waals surface area contributed by atoms with Crippen LogP contribution in [0.4, 0.5) is 5.69 Å². The quantitative estimate of drug-likeness (QED) is 0.746. The molecule has 0 atom stereocenters. The number of carboxylic acid groups (broad SMARTS) is 1. The van der Waals surface area contributed by atoms with Crippen LogP contribution in [0.25, 0.3) is 5.57 Å². The number of allylic oxidation sites excluding steroid dienone is 1. The molecule has 1 aliphatic rings. The minimum atomic E-state index is -0.983. The average molecular weight is 232 g/mol. The Kier molecular flexibility index (Phi) is 2.91. The van der Waals surface area contributed by atoms with E-state index in [0.717, 1.165) is 17.3 Å². The second kappa shape index (κ2) is 4.37. The number of Topliss-reactive ketones (excluding diaryl/α,β-unsaturated/α-hetero) is 1. The number of aromatic nitrogens is 1. The third-order valence-electron chi connectivity index (χ3n) is 2.61. The number of pyridine rings is 1. The van der Waals surface area contributed by atoms with Gasteiger partial charge in [-0.15, -0.1) is 0 Å². The van der Waals surface area contributed by atoms with E-state index in [1.54, 1.807) is 13.1 Å². The predicted octanol–water partition coefficient (Wildman–Crippen LogP) is 1.11. The van der Waals surface area contributed by atoms with Gasteiger partial charge in [0.1, 0.15) is 0 Å². The normalized spacial score (nSPS) is 15.1. The van der Waals surface area contributed by atoms with E-state index >= 15 is 0 Å². The van der Waals surface area contributed by atoms with Crippen molar-refractivity contribution in [2.45, 2.75) is 13.3 Å². The summed E-state index contributed by atoms with van der Waals surface area (Å²) in [4.78, 5) is 25.9. The molecule has 0 aromatic carbocycles. The fourth-order valence-electron chi connectivity index (χ4n) is 1.71. The second-order valence-electron chi connectivity index (χ2n) is 3.95. The van der Waals surface area contributed by atoms with Gasteiger partial charge in [0.2, 0.25) is 0 Å². The molecule has 2 rings (SSSR count). The van der Waals surface area contributed by atoms with Crippen LogP contribution in [0, 0.1) is 0 Å². The van der Waals surface area contributed by atoms with Gasteiger partial charge in [0.15, 0.2) is 5.78 Å². The molecule has 0 fully saturated rings. The number of ketones is 1. The van der Waals surface area contributed by atoms with Crippen LogP contribution in [0.15, 0.2) is 18.3 Å². The van der Waals surface area contributed by atoms with Crippen LogP contribution in [0.5, 0.6) is 0 Å². The first-order chi connectivity index (χ1) is 8.06. The maximum Gasteiger partial charge on any atom is 0.328 e. The third-order valence-corrected chi connectivity index (χ3v) is 2.61. The molecule has 5 heteroatoms. The van der Waals surface area contributed by atoms with E-state index in [1.165, 1.54) is 0 Å². The van der Waals surface area contributed by atoms with E-state index in [2.05, 4.69) is 10.3 Å². The zero-order valence-corrected chi connectivity index (χ0v) is 9.36. The van der Waals surface area contributed by atoms with Crippen molar-refractivity contribution in [2.24, 2.45) is 0 Å². The molecule has 1 aromatic heterocycles. The summed E-state index contributed by atoms with van der Waals surface area (Å²) in [5, 5.41) is 11.6. The number of nitrogens with one attached hydrogen (secondary N) is 1. The zero-order valence-electron chi connectivity index (χ0n) is 9.36. The molecule has 0 aliphatic carbocycles. The molecule has 1 aliphatic heterocycles.